The first-order valence-electron chi connectivity index (χ1n) is 11.6. The Kier molecular flexibility index (Phi) is 7.58. The first-order chi connectivity index (χ1) is 17.5. The summed E-state index contributed by atoms with van der Waals surface area (Å²) in [4.78, 5) is 30.2. The van der Waals surface area contributed by atoms with Crippen LogP contribution in [0.3, 0.4) is 0 Å². The number of rotatable bonds is 4. The summed E-state index contributed by atoms with van der Waals surface area (Å²) in [5, 5.41) is 11.4. The van der Waals surface area contributed by atoms with Crippen LogP contribution < -0.4 is 16.6 Å². The molecular formula is C28H25ClFN5O2. The van der Waals surface area contributed by atoms with E-state index in [1.165, 1.54) is 12.1 Å². The second-order valence-corrected chi connectivity index (χ2v) is 9.09. The summed E-state index contributed by atoms with van der Waals surface area (Å²) in [6.45, 7) is 2.11. The molecule has 1 fully saturated rings. The second kappa shape index (κ2) is 10.8. The fourth-order valence-electron chi connectivity index (χ4n) is 4.66. The fraction of sp³-hybridized carbons (Fsp3) is 0.179. The molecule has 0 atom stereocenters. The number of benzene rings is 3. The van der Waals surface area contributed by atoms with Gasteiger partial charge in [-0.1, -0.05) is 41.9 Å². The third-order valence-corrected chi connectivity index (χ3v) is 6.74. The minimum Gasteiger partial charge on any atom is -0.366 e. The molecule has 0 aliphatic carbocycles. The number of carbonyl (C=O) groups is 1. The lowest BCUT2D eigenvalue weighted by Crippen LogP contribution is -2.49. The molecule has 1 aliphatic rings. The van der Waals surface area contributed by atoms with E-state index in [0.717, 1.165) is 10.9 Å². The minimum absolute atomic E-state index is 0. The molecule has 0 radical (unpaired) electrons. The highest BCUT2D eigenvalue weighted by Crippen LogP contribution is 2.30. The van der Waals surface area contributed by atoms with Gasteiger partial charge < -0.3 is 20.5 Å². The third-order valence-electron chi connectivity index (χ3n) is 6.49. The number of anilines is 1. The molecule has 3 N–H and O–H groups in total. The van der Waals surface area contributed by atoms with Crippen LogP contribution in [0.2, 0.25) is 5.02 Å². The van der Waals surface area contributed by atoms with Gasteiger partial charge in [0.05, 0.1) is 17.7 Å². The molecule has 188 valence electrons. The minimum atomic E-state index is -0.393. The fourth-order valence-corrected chi connectivity index (χ4v) is 4.78. The zero-order valence-electron chi connectivity index (χ0n) is 20.0. The van der Waals surface area contributed by atoms with Crippen LogP contribution in [0.1, 0.15) is 21.5 Å². The number of piperazine rings is 1. The van der Waals surface area contributed by atoms with Crippen LogP contribution >= 0.6 is 11.6 Å². The van der Waals surface area contributed by atoms with E-state index in [2.05, 4.69) is 6.07 Å². The molecule has 0 unspecified atom stereocenters. The number of halogens is 2. The molecule has 1 aromatic heterocycles. The van der Waals surface area contributed by atoms with Crippen molar-refractivity contribution in [2.24, 2.45) is 0 Å². The number of fused-ring (bicyclic) bond motifs is 1. The maximum atomic E-state index is 13.5. The van der Waals surface area contributed by atoms with Gasteiger partial charge >= 0.3 is 0 Å². The smallest absolute Gasteiger partial charge is 0.271 e. The molecule has 0 spiro atoms. The summed E-state index contributed by atoms with van der Waals surface area (Å²) in [7, 11) is 0. The lowest BCUT2D eigenvalue weighted by molar-refractivity contribution is 0.0747. The molecule has 1 saturated heterocycles. The van der Waals surface area contributed by atoms with Crippen molar-refractivity contribution in [1.82, 2.24) is 15.6 Å². The van der Waals surface area contributed by atoms with Crippen LogP contribution in [0.5, 0.6) is 0 Å². The van der Waals surface area contributed by atoms with E-state index < -0.39 is 5.56 Å². The maximum absolute atomic E-state index is 13.5. The Morgan fingerprint density at radius 3 is 2.24 bits per heavy atom. The van der Waals surface area contributed by atoms with Crippen LogP contribution in [0.25, 0.3) is 10.9 Å². The number of para-hydroxylation sites is 1. The van der Waals surface area contributed by atoms with Crippen molar-refractivity contribution < 1.29 is 9.18 Å². The van der Waals surface area contributed by atoms with Gasteiger partial charge in [-0.3, -0.25) is 9.59 Å². The Bertz CT molecular complexity index is 1540. The molecule has 3 aromatic carbocycles. The van der Waals surface area contributed by atoms with Crippen molar-refractivity contribution in [2.45, 2.75) is 6.54 Å². The second-order valence-electron chi connectivity index (χ2n) is 8.66. The largest absolute Gasteiger partial charge is 0.366 e. The summed E-state index contributed by atoms with van der Waals surface area (Å²) in [5.41, 5.74) is 2.28. The summed E-state index contributed by atoms with van der Waals surface area (Å²) in [6.07, 6.45) is 0. The van der Waals surface area contributed by atoms with Gasteiger partial charge in [-0.25, -0.2) is 4.39 Å². The van der Waals surface area contributed by atoms with Gasteiger partial charge in [-0.15, -0.1) is 0 Å². The van der Waals surface area contributed by atoms with Gasteiger partial charge in [0.25, 0.3) is 11.5 Å². The van der Waals surface area contributed by atoms with Gasteiger partial charge in [0.15, 0.2) is 0 Å². The molecule has 4 aromatic rings. The quantitative estimate of drug-likeness (QED) is 0.417. The number of hydrogen-bond donors (Lipinski definition) is 1. The number of nitriles is 1. The molecule has 0 saturated carbocycles. The summed E-state index contributed by atoms with van der Waals surface area (Å²) < 4.78 is 14.9. The monoisotopic (exact) mass is 517 g/mol. The van der Waals surface area contributed by atoms with Crippen molar-refractivity contribution in [3.8, 4) is 6.07 Å². The molecule has 7 nitrogen and oxygen atoms in total. The molecule has 2 heterocycles. The zero-order valence-corrected chi connectivity index (χ0v) is 20.8. The van der Waals surface area contributed by atoms with Gasteiger partial charge in [0.1, 0.15) is 17.4 Å². The predicted octanol–water partition coefficient (Wildman–Crippen LogP) is 4.84. The number of hydrogen-bond acceptors (Lipinski definition) is 5. The molecule has 1 amide bonds. The highest BCUT2D eigenvalue weighted by molar-refractivity contribution is 6.30. The Morgan fingerprint density at radius 1 is 0.946 bits per heavy atom. The van der Waals surface area contributed by atoms with Gasteiger partial charge in [-0.2, -0.15) is 5.26 Å². The van der Waals surface area contributed by atoms with Gasteiger partial charge in [0.2, 0.25) is 0 Å². The molecule has 5 rings (SSSR count). The Morgan fingerprint density at radius 2 is 1.59 bits per heavy atom. The van der Waals surface area contributed by atoms with Crippen LogP contribution in [-0.4, -0.2) is 41.6 Å². The SMILES string of the molecule is N.N#Cc1c(N2CCN(C(=O)c3ccc(Cl)cc3)CC2)c2ccccc2n(Cc2ccc(F)cc2)c1=O. The van der Waals surface area contributed by atoms with Gasteiger partial charge in [0, 0.05) is 42.2 Å². The average molecular weight is 518 g/mol. The molecule has 37 heavy (non-hydrogen) atoms. The predicted molar refractivity (Wildman–Crippen MR) is 143 cm³/mol. The van der Waals surface area contributed by atoms with E-state index in [9.17, 15) is 19.2 Å². The normalized spacial score (nSPS) is 13.2. The molecular weight excluding hydrogens is 493 g/mol. The van der Waals surface area contributed by atoms with Crippen LogP contribution in [0.15, 0.2) is 77.6 Å². The average Bonchev–Trinajstić information content (AvgIpc) is 2.91. The molecule has 0 bridgehead atoms. The summed E-state index contributed by atoms with van der Waals surface area (Å²) in [6, 6.07) is 22.4. The number of pyridine rings is 1. The van der Waals surface area contributed by atoms with Crippen molar-refractivity contribution in [3.63, 3.8) is 0 Å². The van der Waals surface area contributed by atoms with Crippen LogP contribution in [0, 0.1) is 17.1 Å². The number of amides is 1. The Hall–Kier alpha value is -4.19. The van der Waals surface area contributed by atoms with E-state index in [4.69, 9.17) is 11.6 Å². The molecule has 9 heteroatoms. The van der Waals surface area contributed by atoms with Crippen molar-refractivity contribution in [2.75, 3.05) is 31.1 Å². The Balaban J connectivity index is 0.00000320. The van der Waals surface area contributed by atoms with Crippen molar-refractivity contribution >= 4 is 34.1 Å². The first kappa shape index (κ1) is 25.9. The zero-order chi connectivity index (χ0) is 25.2. The van der Waals surface area contributed by atoms with E-state index in [0.29, 0.717) is 48.0 Å². The first-order valence-corrected chi connectivity index (χ1v) is 11.9. The van der Waals surface area contributed by atoms with E-state index in [1.807, 2.05) is 29.2 Å². The van der Waals surface area contributed by atoms with Crippen molar-refractivity contribution in [3.05, 3.63) is 111 Å². The standard InChI is InChI=1S/C28H22ClFN4O2.H3N/c29-21-9-7-20(8-10-21)27(35)33-15-13-32(14-16-33)26-23-3-1-2-4-25(23)34(28(36)24(26)17-31)18-19-5-11-22(30)12-6-19;/h1-12H,13-16,18H2;1H3. The van der Waals surface area contributed by atoms with Crippen LogP contribution in [0.4, 0.5) is 10.1 Å². The highest BCUT2D eigenvalue weighted by Gasteiger charge is 2.27. The van der Waals surface area contributed by atoms with Crippen molar-refractivity contribution in [1.29, 1.82) is 5.26 Å². The molecule has 1 aliphatic heterocycles. The highest BCUT2D eigenvalue weighted by atomic mass is 35.5. The van der Waals surface area contributed by atoms with E-state index >= 15 is 0 Å². The number of aromatic nitrogens is 1. The van der Waals surface area contributed by atoms with Gasteiger partial charge in [-0.05, 0) is 48.0 Å². The van der Waals surface area contributed by atoms with E-state index in [-0.39, 0.29) is 30.0 Å². The third kappa shape index (κ3) is 5.05. The van der Waals surface area contributed by atoms with E-state index in [1.54, 1.807) is 45.9 Å². The summed E-state index contributed by atoms with van der Waals surface area (Å²) in [5.74, 6) is -0.427. The number of nitrogens with zero attached hydrogens (tertiary/aromatic N) is 4. The summed E-state index contributed by atoms with van der Waals surface area (Å²) >= 11 is 5.94. The lowest BCUT2D eigenvalue weighted by atomic mass is 10.1. The van der Waals surface area contributed by atoms with Crippen LogP contribution in [-0.2, 0) is 6.54 Å². The number of carbonyl (C=O) groups excluding carboxylic acids is 1. The maximum Gasteiger partial charge on any atom is 0.271 e. The lowest BCUT2D eigenvalue weighted by Gasteiger charge is -2.37. The topological polar surface area (TPSA) is 104 Å². The Labute approximate surface area is 218 Å².